The molecule has 2 saturated heterocycles. The molecule has 0 bridgehead atoms. The Hall–Kier alpha value is -1.69. The highest BCUT2D eigenvalue weighted by atomic mass is 32.1. The molecule has 0 radical (unpaired) electrons. The first kappa shape index (κ1) is 17.4. The molecule has 0 aliphatic carbocycles. The van der Waals surface area contributed by atoms with Gasteiger partial charge in [-0.3, -0.25) is 4.79 Å². The molecular weight excluding hydrogens is 358 g/mol. The SMILES string of the molecule is CC1(C(=O)N2CCC3(CC2)OCCc2sc(-c4ccccc4)cc23)COC1. The van der Waals surface area contributed by atoms with E-state index in [0.29, 0.717) is 13.2 Å². The van der Waals surface area contributed by atoms with Crippen LogP contribution in [0.1, 0.15) is 30.2 Å². The van der Waals surface area contributed by atoms with Crippen LogP contribution in [0.15, 0.2) is 36.4 Å². The maximum absolute atomic E-state index is 12.8. The number of nitrogens with zero attached hydrogens (tertiary/aromatic N) is 1. The third kappa shape index (κ3) is 2.84. The Morgan fingerprint density at radius 1 is 1.15 bits per heavy atom. The number of benzene rings is 1. The molecule has 1 aromatic heterocycles. The molecule has 2 fully saturated rings. The summed E-state index contributed by atoms with van der Waals surface area (Å²) in [5.74, 6) is 0.245. The van der Waals surface area contributed by atoms with E-state index in [0.717, 1.165) is 39.0 Å². The van der Waals surface area contributed by atoms with E-state index < -0.39 is 0 Å². The molecule has 0 atom stereocenters. The highest BCUT2D eigenvalue weighted by Gasteiger charge is 2.47. The van der Waals surface area contributed by atoms with Crippen molar-refractivity contribution in [3.05, 3.63) is 46.8 Å². The van der Waals surface area contributed by atoms with Crippen molar-refractivity contribution in [2.45, 2.75) is 31.8 Å². The van der Waals surface area contributed by atoms with Gasteiger partial charge in [-0.1, -0.05) is 30.3 Å². The van der Waals surface area contributed by atoms with Gasteiger partial charge in [-0.2, -0.15) is 0 Å². The zero-order chi connectivity index (χ0) is 18.5. The molecule has 5 rings (SSSR count). The first-order valence-corrected chi connectivity index (χ1v) is 10.6. The Morgan fingerprint density at radius 3 is 2.56 bits per heavy atom. The summed E-state index contributed by atoms with van der Waals surface area (Å²) in [6, 6.07) is 12.9. The molecule has 1 amide bonds. The third-order valence-corrected chi connectivity index (χ3v) is 7.53. The predicted molar refractivity (Wildman–Crippen MR) is 106 cm³/mol. The molecule has 1 spiro atoms. The van der Waals surface area contributed by atoms with Gasteiger partial charge in [0, 0.05) is 29.3 Å². The van der Waals surface area contributed by atoms with Crippen LogP contribution in [0.25, 0.3) is 10.4 Å². The van der Waals surface area contributed by atoms with Crippen LogP contribution in [0.5, 0.6) is 0 Å². The van der Waals surface area contributed by atoms with Crippen molar-refractivity contribution in [1.82, 2.24) is 4.90 Å². The first-order chi connectivity index (χ1) is 13.1. The van der Waals surface area contributed by atoms with E-state index in [1.807, 2.05) is 23.2 Å². The smallest absolute Gasteiger partial charge is 0.233 e. The standard InChI is InChI=1S/C22H25NO3S/c1-21(14-25-15-21)20(24)23-10-8-22(9-11-23)17-13-19(16-5-3-2-4-6-16)27-18(17)7-12-26-22/h2-6,13H,7-12,14-15H2,1H3. The van der Waals surface area contributed by atoms with Gasteiger partial charge in [-0.25, -0.2) is 0 Å². The van der Waals surface area contributed by atoms with E-state index in [-0.39, 0.29) is 16.9 Å². The van der Waals surface area contributed by atoms with Gasteiger partial charge in [0.1, 0.15) is 0 Å². The van der Waals surface area contributed by atoms with Crippen molar-refractivity contribution in [2.75, 3.05) is 32.9 Å². The second-order valence-corrected chi connectivity index (χ2v) is 9.39. The number of piperidine rings is 1. The van der Waals surface area contributed by atoms with E-state index in [1.165, 1.54) is 20.9 Å². The molecule has 4 heterocycles. The number of fused-ring (bicyclic) bond motifs is 2. The summed E-state index contributed by atoms with van der Waals surface area (Å²) in [6.45, 7) is 5.44. The molecular formula is C22H25NO3S. The molecule has 5 heteroatoms. The molecule has 3 aliphatic rings. The van der Waals surface area contributed by atoms with Crippen LogP contribution in [0, 0.1) is 5.41 Å². The molecule has 0 N–H and O–H groups in total. The lowest BCUT2D eigenvalue weighted by Crippen LogP contribution is -2.57. The molecule has 3 aliphatic heterocycles. The Bertz CT molecular complexity index is 848. The fraction of sp³-hybridized carbons (Fsp3) is 0.500. The van der Waals surface area contributed by atoms with Crippen LogP contribution < -0.4 is 0 Å². The lowest BCUT2D eigenvalue weighted by molar-refractivity contribution is -0.174. The first-order valence-electron chi connectivity index (χ1n) is 9.79. The number of rotatable bonds is 2. The normalized spacial score (nSPS) is 22.9. The largest absolute Gasteiger partial charge is 0.379 e. The fourth-order valence-electron chi connectivity index (χ4n) is 4.56. The summed E-state index contributed by atoms with van der Waals surface area (Å²) in [5.41, 5.74) is 2.11. The van der Waals surface area contributed by atoms with Crippen molar-refractivity contribution in [3.8, 4) is 10.4 Å². The minimum Gasteiger partial charge on any atom is -0.379 e. The van der Waals surface area contributed by atoms with Crippen molar-refractivity contribution >= 4 is 17.2 Å². The third-order valence-electron chi connectivity index (χ3n) is 6.28. The minimum atomic E-state index is -0.314. The van der Waals surface area contributed by atoms with Crippen LogP contribution >= 0.6 is 11.3 Å². The van der Waals surface area contributed by atoms with Crippen molar-refractivity contribution < 1.29 is 14.3 Å². The van der Waals surface area contributed by atoms with Gasteiger partial charge < -0.3 is 14.4 Å². The van der Waals surface area contributed by atoms with E-state index >= 15 is 0 Å². The molecule has 2 aromatic rings. The van der Waals surface area contributed by atoms with Crippen molar-refractivity contribution in [3.63, 3.8) is 0 Å². The van der Waals surface area contributed by atoms with Gasteiger partial charge in [-0.15, -0.1) is 11.3 Å². The topological polar surface area (TPSA) is 38.8 Å². The average molecular weight is 384 g/mol. The number of likely N-dealkylation sites (tertiary alicyclic amines) is 1. The second-order valence-electron chi connectivity index (χ2n) is 8.25. The Morgan fingerprint density at radius 2 is 1.89 bits per heavy atom. The maximum Gasteiger partial charge on any atom is 0.233 e. The number of hydrogen-bond acceptors (Lipinski definition) is 4. The van der Waals surface area contributed by atoms with Crippen LogP contribution in [0.3, 0.4) is 0 Å². The van der Waals surface area contributed by atoms with E-state index in [2.05, 4.69) is 36.4 Å². The van der Waals surface area contributed by atoms with Crippen LogP contribution in [0.2, 0.25) is 0 Å². The average Bonchev–Trinajstić information content (AvgIpc) is 3.13. The van der Waals surface area contributed by atoms with Gasteiger partial charge in [0.2, 0.25) is 5.91 Å². The number of ether oxygens (including phenoxy) is 2. The van der Waals surface area contributed by atoms with Crippen molar-refractivity contribution in [2.24, 2.45) is 5.41 Å². The maximum atomic E-state index is 12.8. The summed E-state index contributed by atoms with van der Waals surface area (Å²) in [6.07, 6.45) is 2.76. The summed E-state index contributed by atoms with van der Waals surface area (Å²) < 4.78 is 11.7. The number of amides is 1. The van der Waals surface area contributed by atoms with E-state index in [1.54, 1.807) is 0 Å². The molecule has 4 nitrogen and oxygen atoms in total. The Balaban J connectivity index is 1.38. The fourth-order valence-corrected chi connectivity index (χ4v) is 5.80. The second kappa shape index (κ2) is 6.43. The van der Waals surface area contributed by atoms with Gasteiger partial charge >= 0.3 is 0 Å². The van der Waals surface area contributed by atoms with Gasteiger partial charge in [-0.05, 0) is 37.0 Å². The van der Waals surface area contributed by atoms with Crippen molar-refractivity contribution in [1.29, 1.82) is 0 Å². The van der Waals surface area contributed by atoms with Crippen LogP contribution in [0.4, 0.5) is 0 Å². The molecule has 0 unspecified atom stereocenters. The highest BCUT2D eigenvalue weighted by molar-refractivity contribution is 7.15. The van der Waals surface area contributed by atoms with Crippen LogP contribution in [-0.4, -0.2) is 43.7 Å². The zero-order valence-corrected chi connectivity index (χ0v) is 16.5. The summed E-state index contributed by atoms with van der Waals surface area (Å²) in [5, 5.41) is 0. The predicted octanol–water partition coefficient (Wildman–Crippen LogP) is 3.84. The van der Waals surface area contributed by atoms with Gasteiger partial charge in [0.05, 0.1) is 30.8 Å². The Kier molecular flexibility index (Phi) is 4.15. The van der Waals surface area contributed by atoms with E-state index in [9.17, 15) is 4.79 Å². The summed E-state index contributed by atoms with van der Waals surface area (Å²) in [4.78, 5) is 17.6. The summed E-state index contributed by atoms with van der Waals surface area (Å²) in [7, 11) is 0. The molecule has 0 saturated carbocycles. The lowest BCUT2D eigenvalue weighted by Gasteiger charge is -2.47. The summed E-state index contributed by atoms with van der Waals surface area (Å²) >= 11 is 1.90. The minimum absolute atomic E-state index is 0.217. The monoisotopic (exact) mass is 383 g/mol. The number of hydrogen-bond donors (Lipinski definition) is 0. The van der Waals surface area contributed by atoms with Gasteiger partial charge in [0.25, 0.3) is 0 Å². The number of carbonyl (C=O) groups is 1. The molecule has 27 heavy (non-hydrogen) atoms. The Labute approximate surface area is 164 Å². The molecule has 142 valence electrons. The highest BCUT2D eigenvalue weighted by Crippen LogP contribution is 2.47. The van der Waals surface area contributed by atoms with Gasteiger partial charge in [0.15, 0.2) is 0 Å². The molecule has 1 aromatic carbocycles. The van der Waals surface area contributed by atoms with Crippen LogP contribution in [-0.2, 0) is 26.3 Å². The number of thiophene rings is 1. The lowest BCUT2D eigenvalue weighted by atomic mass is 9.80. The van der Waals surface area contributed by atoms with E-state index in [4.69, 9.17) is 9.47 Å². The quantitative estimate of drug-likeness (QED) is 0.791. The number of carbonyl (C=O) groups excluding carboxylic acids is 1. The zero-order valence-electron chi connectivity index (χ0n) is 15.7.